The van der Waals surface area contributed by atoms with Crippen molar-refractivity contribution in [1.82, 2.24) is 20.3 Å². The number of hydrogen-bond acceptors (Lipinski definition) is 4. The molecule has 6 heteroatoms. The van der Waals surface area contributed by atoms with Gasteiger partial charge in [0.2, 0.25) is 5.91 Å². The Morgan fingerprint density at radius 2 is 2.04 bits per heavy atom. The summed E-state index contributed by atoms with van der Waals surface area (Å²) in [4.78, 5) is 12.2. The smallest absolute Gasteiger partial charge is 0.223 e. The monoisotopic (exact) mass is 328 g/mol. The van der Waals surface area contributed by atoms with Crippen LogP contribution < -0.4 is 10.1 Å². The number of ether oxygens (including phenoxy) is 1. The maximum atomic E-state index is 12.2. The molecule has 1 aliphatic rings. The first-order valence-corrected chi connectivity index (χ1v) is 8.35. The Kier molecular flexibility index (Phi) is 4.55. The van der Waals surface area contributed by atoms with Crippen molar-refractivity contribution in [3.05, 3.63) is 30.5 Å². The summed E-state index contributed by atoms with van der Waals surface area (Å²) < 4.78 is 7.12. The molecule has 1 aliphatic carbocycles. The highest BCUT2D eigenvalue weighted by molar-refractivity contribution is 5.82. The highest BCUT2D eigenvalue weighted by Crippen LogP contribution is 2.45. The summed E-state index contributed by atoms with van der Waals surface area (Å²) in [6.07, 6.45) is 1.88. The zero-order chi connectivity index (χ0) is 17.3. The number of para-hydroxylation sites is 1. The zero-order valence-corrected chi connectivity index (χ0v) is 14.6. The van der Waals surface area contributed by atoms with Crippen LogP contribution in [0.1, 0.15) is 20.8 Å². The van der Waals surface area contributed by atoms with Gasteiger partial charge in [0.05, 0.1) is 19.9 Å². The van der Waals surface area contributed by atoms with E-state index >= 15 is 0 Å². The minimum atomic E-state index is 0.00437. The van der Waals surface area contributed by atoms with Crippen LogP contribution in [0.5, 0.6) is 5.75 Å². The van der Waals surface area contributed by atoms with Crippen molar-refractivity contribution in [3.8, 4) is 17.0 Å². The van der Waals surface area contributed by atoms with E-state index in [2.05, 4.69) is 29.5 Å². The van der Waals surface area contributed by atoms with Gasteiger partial charge in [0.15, 0.2) is 0 Å². The molecular formula is C18H24N4O2. The maximum Gasteiger partial charge on any atom is 0.223 e. The van der Waals surface area contributed by atoms with E-state index in [1.54, 1.807) is 11.8 Å². The van der Waals surface area contributed by atoms with Crippen LogP contribution in [-0.4, -0.2) is 34.1 Å². The van der Waals surface area contributed by atoms with E-state index in [4.69, 9.17) is 4.74 Å². The number of amides is 1. The summed E-state index contributed by atoms with van der Waals surface area (Å²) in [6, 6.07) is 7.72. The Balaban J connectivity index is 1.62. The quantitative estimate of drug-likeness (QED) is 0.884. The largest absolute Gasteiger partial charge is 0.496 e. The van der Waals surface area contributed by atoms with Crippen molar-refractivity contribution in [2.45, 2.75) is 33.4 Å². The van der Waals surface area contributed by atoms with Crippen LogP contribution in [0.4, 0.5) is 0 Å². The molecule has 3 rings (SSSR count). The molecule has 0 aliphatic heterocycles. The van der Waals surface area contributed by atoms with E-state index in [1.807, 2.05) is 37.4 Å². The van der Waals surface area contributed by atoms with Gasteiger partial charge < -0.3 is 10.1 Å². The fraction of sp³-hybridized carbons (Fsp3) is 0.500. The van der Waals surface area contributed by atoms with Gasteiger partial charge in [-0.05, 0) is 30.9 Å². The van der Waals surface area contributed by atoms with Crippen LogP contribution in [0.3, 0.4) is 0 Å². The fourth-order valence-corrected chi connectivity index (χ4v) is 3.17. The molecule has 0 radical (unpaired) electrons. The van der Waals surface area contributed by atoms with Gasteiger partial charge in [-0.2, -0.15) is 0 Å². The number of aromatic nitrogens is 3. The Hall–Kier alpha value is -2.37. The van der Waals surface area contributed by atoms with Crippen molar-refractivity contribution < 1.29 is 9.53 Å². The number of hydrogen-bond donors (Lipinski definition) is 1. The average molecular weight is 328 g/mol. The minimum Gasteiger partial charge on any atom is -0.496 e. The first-order valence-electron chi connectivity index (χ1n) is 8.35. The van der Waals surface area contributed by atoms with Gasteiger partial charge in [-0.15, -0.1) is 5.10 Å². The molecule has 1 heterocycles. The zero-order valence-electron chi connectivity index (χ0n) is 14.6. The van der Waals surface area contributed by atoms with E-state index in [-0.39, 0.29) is 17.9 Å². The van der Waals surface area contributed by atoms with Crippen molar-refractivity contribution in [2.75, 3.05) is 7.11 Å². The number of rotatable bonds is 6. The molecular weight excluding hydrogens is 304 g/mol. The molecule has 0 unspecified atom stereocenters. The van der Waals surface area contributed by atoms with E-state index < -0.39 is 0 Å². The van der Waals surface area contributed by atoms with Crippen LogP contribution in [0, 0.1) is 17.8 Å². The summed E-state index contributed by atoms with van der Waals surface area (Å²) >= 11 is 0. The summed E-state index contributed by atoms with van der Waals surface area (Å²) in [7, 11) is 1.64. The molecule has 1 aromatic carbocycles. The van der Waals surface area contributed by atoms with E-state index in [1.165, 1.54) is 0 Å². The topological polar surface area (TPSA) is 69.0 Å². The molecule has 128 valence electrons. The number of methoxy groups -OCH3 is 1. The summed E-state index contributed by atoms with van der Waals surface area (Å²) in [5.41, 5.74) is 1.67. The van der Waals surface area contributed by atoms with Gasteiger partial charge >= 0.3 is 0 Å². The predicted octanol–water partition coefficient (Wildman–Crippen LogP) is 2.36. The molecule has 0 saturated heterocycles. The lowest BCUT2D eigenvalue weighted by atomic mass is 10.1. The molecule has 1 amide bonds. The molecule has 0 bridgehead atoms. The maximum absolute atomic E-state index is 12.2. The van der Waals surface area contributed by atoms with Crippen LogP contribution in [0.15, 0.2) is 30.5 Å². The van der Waals surface area contributed by atoms with Crippen LogP contribution >= 0.6 is 0 Å². The molecule has 1 aromatic heterocycles. The number of benzene rings is 1. The van der Waals surface area contributed by atoms with Crippen LogP contribution in [0.25, 0.3) is 11.3 Å². The number of nitrogens with one attached hydrogen (secondary N) is 1. The molecule has 1 N–H and O–H groups in total. The van der Waals surface area contributed by atoms with Gasteiger partial charge in [0.25, 0.3) is 0 Å². The Bertz CT molecular complexity index is 719. The van der Waals surface area contributed by atoms with Crippen molar-refractivity contribution in [2.24, 2.45) is 17.8 Å². The van der Waals surface area contributed by atoms with Gasteiger partial charge in [-0.25, -0.2) is 4.68 Å². The normalized spacial score (nSPS) is 23.6. The van der Waals surface area contributed by atoms with Gasteiger partial charge in [-0.1, -0.05) is 31.2 Å². The molecule has 24 heavy (non-hydrogen) atoms. The third-order valence-corrected chi connectivity index (χ3v) is 4.90. The average Bonchev–Trinajstić information content (AvgIpc) is 2.96. The second-order valence-electron chi connectivity index (χ2n) is 6.68. The predicted molar refractivity (Wildman–Crippen MR) is 91.4 cm³/mol. The third-order valence-electron chi connectivity index (χ3n) is 4.90. The lowest BCUT2D eigenvalue weighted by molar-refractivity contribution is -0.123. The summed E-state index contributed by atoms with van der Waals surface area (Å²) in [5.74, 6) is 2.05. The van der Waals surface area contributed by atoms with Gasteiger partial charge in [-0.3, -0.25) is 4.79 Å². The second-order valence-corrected chi connectivity index (χ2v) is 6.68. The molecule has 3 atom stereocenters. The third kappa shape index (κ3) is 3.27. The second kappa shape index (κ2) is 6.63. The highest BCUT2D eigenvalue weighted by atomic mass is 16.5. The van der Waals surface area contributed by atoms with Gasteiger partial charge in [0, 0.05) is 17.5 Å². The van der Waals surface area contributed by atoms with Crippen LogP contribution in [0.2, 0.25) is 0 Å². The van der Waals surface area contributed by atoms with Crippen molar-refractivity contribution in [1.29, 1.82) is 0 Å². The molecule has 1 fully saturated rings. The first kappa shape index (κ1) is 16.5. The number of nitrogens with zero attached hydrogens (tertiary/aromatic N) is 3. The lowest BCUT2D eigenvalue weighted by Crippen LogP contribution is -2.37. The first-order chi connectivity index (χ1) is 11.5. The Morgan fingerprint density at radius 3 is 2.71 bits per heavy atom. The molecule has 6 nitrogen and oxygen atoms in total. The summed E-state index contributed by atoms with van der Waals surface area (Å²) in [5, 5.41) is 11.5. The minimum absolute atomic E-state index is 0.00437. The summed E-state index contributed by atoms with van der Waals surface area (Å²) in [6.45, 7) is 6.82. The number of carbonyl (C=O) groups excluding carboxylic acids is 1. The van der Waals surface area contributed by atoms with E-state index in [0.717, 1.165) is 17.0 Å². The SMILES string of the molecule is COc1ccccc1-c1cn(C[C@H](C)NC(=O)C2[C@@H](C)[C@@H]2C)nn1. The lowest BCUT2D eigenvalue weighted by Gasteiger charge is -2.13. The fourth-order valence-electron chi connectivity index (χ4n) is 3.17. The van der Waals surface area contributed by atoms with E-state index in [0.29, 0.717) is 18.4 Å². The molecule has 0 spiro atoms. The van der Waals surface area contributed by atoms with E-state index in [9.17, 15) is 4.79 Å². The number of carbonyl (C=O) groups is 1. The standard InChI is InChI=1S/C18H24N4O2/c1-11(19-18(23)17-12(2)13(17)3)9-22-10-15(20-21-22)14-7-5-6-8-16(14)24-4/h5-8,10-13,17H,9H2,1-4H3,(H,19,23)/t11-,12-,13-/m0/s1. The molecule has 2 aromatic rings. The van der Waals surface area contributed by atoms with Crippen LogP contribution in [-0.2, 0) is 11.3 Å². The Morgan fingerprint density at radius 1 is 1.33 bits per heavy atom. The highest BCUT2D eigenvalue weighted by Gasteiger charge is 2.48. The Labute approximate surface area is 142 Å². The van der Waals surface area contributed by atoms with Crippen molar-refractivity contribution >= 4 is 5.91 Å². The van der Waals surface area contributed by atoms with Crippen molar-refractivity contribution in [3.63, 3.8) is 0 Å². The molecule has 1 saturated carbocycles. The van der Waals surface area contributed by atoms with Gasteiger partial charge in [0.1, 0.15) is 11.4 Å².